The third-order valence-electron chi connectivity index (χ3n) is 2.91. The van der Waals surface area contributed by atoms with Crippen LogP contribution in [0.5, 0.6) is 0 Å². The van der Waals surface area contributed by atoms with Crippen LogP contribution in [-0.4, -0.2) is 29.0 Å². The minimum Gasteiger partial charge on any atom is -0.329 e. The van der Waals surface area contributed by atoms with E-state index in [1.165, 1.54) is 24.9 Å². The van der Waals surface area contributed by atoms with Gasteiger partial charge in [0.05, 0.1) is 0 Å². The quantitative estimate of drug-likeness (QED) is 0.775. The predicted molar refractivity (Wildman–Crippen MR) is 56.7 cm³/mol. The maximum atomic E-state index is 5.72. The third-order valence-corrected chi connectivity index (χ3v) is 2.91. The van der Waals surface area contributed by atoms with Gasteiger partial charge in [0.1, 0.15) is 0 Å². The average Bonchev–Trinajstić information content (AvgIpc) is 2.67. The second-order valence-electron chi connectivity index (χ2n) is 3.86. The van der Waals surface area contributed by atoms with Crippen molar-refractivity contribution in [3.05, 3.63) is 30.1 Å². The monoisotopic (exact) mass is 191 g/mol. The number of nitrogens with zero attached hydrogens (tertiary/aromatic N) is 2. The molecule has 1 aliphatic heterocycles. The van der Waals surface area contributed by atoms with E-state index in [0.29, 0.717) is 6.04 Å². The Hall–Kier alpha value is -0.930. The zero-order chi connectivity index (χ0) is 9.80. The second-order valence-corrected chi connectivity index (χ2v) is 3.86. The fourth-order valence-corrected chi connectivity index (χ4v) is 2.09. The highest BCUT2D eigenvalue weighted by atomic mass is 15.2. The number of aromatic nitrogens is 1. The van der Waals surface area contributed by atoms with Crippen LogP contribution in [0.2, 0.25) is 0 Å². The van der Waals surface area contributed by atoms with Gasteiger partial charge < -0.3 is 5.73 Å². The number of likely N-dealkylation sites (tertiary alicyclic amines) is 1. The molecule has 0 radical (unpaired) electrons. The molecule has 0 saturated carbocycles. The van der Waals surface area contributed by atoms with E-state index in [-0.39, 0.29) is 0 Å². The van der Waals surface area contributed by atoms with Gasteiger partial charge in [-0.15, -0.1) is 0 Å². The van der Waals surface area contributed by atoms with Crippen molar-refractivity contribution in [1.82, 2.24) is 9.88 Å². The van der Waals surface area contributed by atoms with Crippen molar-refractivity contribution >= 4 is 0 Å². The molecule has 1 unspecified atom stereocenters. The fourth-order valence-electron chi connectivity index (χ4n) is 2.09. The van der Waals surface area contributed by atoms with Gasteiger partial charge in [0, 0.05) is 31.5 Å². The van der Waals surface area contributed by atoms with E-state index in [0.717, 1.165) is 13.1 Å². The maximum absolute atomic E-state index is 5.72. The molecule has 2 heterocycles. The lowest BCUT2D eigenvalue weighted by atomic mass is 10.2. The van der Waals surface area contributed by atoms with Gasteiger partial charge in [-0.25, -0.2) is 0 Å². The van der Waals surface area contributed by atoms with Gasteiger partial charge in [-0.3, -0.25) is 9.88 Å². The van der Waals surface area contributed by atoms with E-state index in [9.17, 15) is 0 Å². The zero-order valence-corrected chi connectivity index (χ0v) is 8.39. The van der Waals surface area contributed by atoms with E-state index >= 15 is 0 Å². The minimum atomic E-state index is 0.586. The van der Waals surface area contributed by atoms with Gasteiger partial charge in [-0.2, -0.15) is 0 Å². The van der Waals surface area contributed by atoms with Crippen molar-refractivity contribution < 1.29 is 0 Å². The lowest BCUT2D eigenvalue weighted by Crippen LogP contribution is -2.34. The average molecular weight is 191 g/mol. The predicted octanol–water partition coefficient (Wildman–Crippen LogP) is 1.00. The standard InChI is InChI=1S/C11H17N3/c12-8-11-2-1-7-14(11)9-10-3-5-13-6-4-10/h3-6,11H,1-2,7-9,12H2. The normalized spacial score (nSPS) is 22.8. The van der Waals surface area contributed by atoms with Crippen LogP contribution in [0.3, 0.4) is 0 Å². The summed E-state index contributed by atoms with van der Waals surface area (Å²) in [4.78, 5) is 6.48. The van der Waals surface area contributed by atoms with Crippen molar-refractivity contribution in [3.63, 3.8) is 0 Å². The lowest BCUT2D eigenvalue weighted by molar-refractivity contribution is 0.250. The molecule has 0 bridgehead atoms. The van der Waals surface area contributed by atoms with Gasteiger partial charge in [-0.1, -0.05) is 0 Å². The summed E-state index contributed by atoms with van der Waals surface area (Å²) in [6.45, 7) is 2.99. The highest BCUT2D eigenvalue weighted by Crippen LogP contribution is 2.18. The molecule has 1 aliphatic rings. The molecule has 0 aromatic carbocycles. The summed E-state index contributed by atoms with van der Waals surface area (Å²) < 4.78 is 0. The van der Waals surface area contributed by atoms with Crippen LogP contribution in [0.15, 0.2) is 24.5 Å². The molecular weight excluding hydrogens is 174 g/mol. The molecule has 1 fully saturated rings. The smallest absolute Gasteiger partial charge is 0.0271 e. The number of rotatable bonds is 3. The van der Waals surface area contributed by atoms with Crippen molar-refractivity contribution in [2.45, 2.75) is 25.4 Å². The fraction of sp³-hybridized carbons (Fsp3) is 0.545. The molecule has 0 amide bonds. The summed E-state index contributed by atoms with van der Waals surface area (Å²) >= 11 is 0. The number of pyridine rings is 1. The summed E-state index contributed by atoms with van der Waals surface area (Å²) in [6, 6.07) is 4.74. The Morgan fingerprint density at radius 2 is 2.21 bits per heavy atom. The molecule has 1 atom stereocenters. The minimum absolute atomic E-state index is 0.586. The first kappa shape index (κ1) is 9.62. The third kappa shape index (κ3) is 2.11. The first-order valence-corrected chi connectivity index (χ1v) is 5.23. The topological polar surface area (TPSA) is 42.1 Å². The Morgan fingerprint density at radius 1 is 1.43 bits per heavy atom. The van der Waals surface area contributed by atoms with Gasteiger partial charge in [0.15, 0.2) is 0 Å². The number of hydrogen-bond acceptors (Lipinski definition) is 3. The number of nitrogens with two attached hydrogens (primary N) is 1. The largest absolute Gasteiger partial charge is 0.329 e. The van der Waals surface area contributed by atoms with Crippen molar-refractivity contribution in [2.24, 2.45) is 5.73 Å². The molecule has 0 aliphatic carbocycles. The molecule has 76 valence electrons. The van der Waals surface area contributed by atoms with Crippen LogP contribution in [-0.2, 0) is 6.54 Å². The molecule has 1 saturated heterocycles. The lowest BCUT2D eigenvalue weighted by Gasteiger charge is -2.22. The summed E-state index contributed by atoms with van der Waals surface area (Å²) in [7, 11) is 0. The highest BCUT2D eigenvalue weighted by molar-refractivity contribution is 5.10. The molecule has 14 heavy (non-hydrogen) atoms. The van der Waals surface area contributed by atoms with E-state index in [2.05, 4.69) is 22.0 Å². The molecular formula is C11H17N3. The first-order valence-electron chi connectivity index (χ1n) is 5.23. The molecule has 1 aromatic heterocycles. The Morgan fingerprint density at radius 3 is 2.93 bits per heavy atom. The van der Waals surface area contributed by atoms with Gasteiger partial charge >= 0.3 is 0 Å². The van der Waals surface area contributed by atoms with Crippen LogP contribution in [0.25, 0.3) is 0 Å². The highest BCUT2D eigenvalue weighted by Gasteiger charge is 2.22. The zero-order valence-electron chi connectivity index (χ0n) is 8.39. The molecule has 2 rings (SSSR count). The van der Waals surface area contributed by atoms with Crippen molar-refractivity contribution in [3.8, 4) is 0 Å². The van der Waals surface area contributed by atoms with Crippen LogP contribution in [0.1, 0.15) is 18.4 Å². The first-order chi connectivity index (χ1) is 6.90. The van der Waals surface area contributed by atoms with Gasteiger partial charge in [0.25, 0.3) is 0 Å². The van der Waals surface area contributed by atoms with Gasteiger partial charge in [0.2, 0.25) is 0 Å². The van der Waals surface area contributed by atoms with Crippen molar-refractivity contribution in [1.29, 1.82) is 0 Å². The Labute approximate surface area is 84.9 Å². The van der Waals surface area contributed by atoms with E-state index in [4.69, 9.17) is 5.73 Å². The molecule has 0 spiro atoms. The number of hydrogen-bond donors (Lipinski definition) is 1. The molecule has 3 heteroatoms. The SMILES string of the molecule is NCC1CCCN1Cc1ccncc1. The van der Waals surface area contributed by atoms with E-state index < -0.39 is 0 Å². The molecule has 3 nitrogen and oxygen atoms in total. The molecule has 2 N–H and O–H groups in total. The Kier molecular flexibility index (Phi) is 3.11. The second kappa shape index (κ2) is 4.53. The van der Waals surface area contributed by atoms with Crippen LogP contribution in [0.4, 0.5) is 0 Å². The Bertz CT molecular complexity index is 273. The summed E-state index contributed by atoms with van der Waals surface area (Å²) in [5.74, 6) is 0. The van der Waals surface area contributed by atoms with Crippen LogP contribution >= 0.6 is 0 Å². The van der Waals surface area contributed by atoms with E-state index in [1.807, 2.05) is 12.4 Å². The molecule has 1 aromatic rings. The Balaban J connectivity index is 1.97. The summed E-state index contributed by atoms with van der Waals surface area (Å²) in [5, 5.41) is 0. The van der Waals surface area contributed by atoms with E-state index in [1.54, 1.807) is 0 Å². The van der Waals surface area contributed by atoms with Crippen LogP contribution < -0.4 is 5.73 Å². The van der Waals surface area contributed by atoms with Crippen LogP contribution in [0, 0.1) is 0 Å². The summed E-state index contributed by atoms with van der Waals surface area (Å²) in [6.07, 6.45) is 6.24. The maximum Gasteiger partial charge on any atom is 0.0271 e. The van der Waals surface area contributed by atoms with Gasteiger partial charge in [-0.05, 0) is 37.1 Å². The van der Waals surface area contributed by atoms with Crippen molar-refractivity contribution in [2.75, 3.05) is 13.1 Å². The summed E-state index contributed by atoms with van der Waals surface area (Å²) in [5.41, 5.74) is 7.06.